The SMILES string of the molecule is O=C(CCCC(F)(F)F)C1=CCCCCC1. The van der Waals surface area contributed by atoms with Gasteiger partial charge in [0, 0.05) is 12.8 Å². The maximum atomic E-state index is 11.9. The van der Waals surface area contributed by atoms with Gasteiger partial charge in [-0.2, -0.15) is 13.2 Å². The molecule has 0 bridgehead atoms. The molecule has 0 N–H and O–H groups in total. The number of rotatable bonds is 4. The summed E-state index contributed by atoms with van der Waals surface area (Å²) >= 11 is 0. The second-order valence-corrected chi connectivity index (χ2v) is 4.22. The van der Waals surface area contributed by atoms with Crippen molar-refractivity contribution in [1.82, 2.24) is 0 Å². The number of allylic oxidation sites excluding steroid dienone is 2. The van der Waals surface area contributed by atoms with Crippen molar-refractivity contribution < 1.29 is 18.0 Å². The minimum Gasteiger partial charge on any atom is -0.295 e. The summed E-state index contributed by atoms with van der Waals surface area (Å²) in [4.78, 5) is 11.6. The molecule has 0 aliphatic heterocycles. The fourth-order valence-electron chi connectivity index (χ4n) is 1.88. The van der Waals surface area contributed by atoms with Crippen LogP contribution in [-0.4, -0.2) is 12.0 Å². The number of hydrogen-bond acceptors (Lipinski definition) is 1. The Balaban J connectivity index is 2.31. The zero-order valence-electron chi connectivity index (χ0n) is 9.28. The first-order chi connectivity index (χ1) is 7.49. The summed E-state index contributed by atoms with van der Waals surface area (Å²) in [6, 6.07) is 0. The third-order valence-corrected chi connectivity index (χ3v) is 2.76. The lowest BCUT2D eigenvalue weighted by atomic mass is 10.0. The van der Waals surface area contributed by atoms with Gasteiger partial charge < -0.3 is 0 Å². The van der Waals surface area contributed by atoms with E-state index in [-0.39, 0.29) is 18.6 Å². The average molecular weight is 234 g/mol. The summed E-state index contributed by atoms with van der Waals surface area (Å²) in [5, 5.41) is 0. The lowest BCUT2D eigenvalue weighted by Crippen LogP contribution is -2.09. The van der Waals surface area contributed by atoms with Crippen molar-refractivity contribution in [2.45, 2.75) is 57.5 Å². The molecule has 0 heterocycles. The first kappa shape index (κ1) is 13.3. The lowest BCUT2D eigenvalue weighted by molar-refractivity contribution is -0.136. The van der Waals surface area contributed by atoms with E-state index >= 15 is 0 Å². The third-order valence-electron chi connectivity index (χ3n) is 2.76. The van der Waals surface area contributed by atoms with Crippen LogP contribution in [0.5, 0.6) is 0 Å². The summed E-state index contributed by atoms with van der Waals surface area (Å²) in [5.74, 6) is -0.0915. The Morgan fingerprint density at radius 2 is 2.00 bits per heavy atom. The second kappa shape index (κ2) is 6.06. The van der Waals surface area contributed by atoms with E-state index in [4.69, 9.17) is 0 Å². The van der Waals surface area contributed by atoms with Gasteiger partial charge in [0.25, 0.3) is 0 Å². The monoisotopic (exact) mass is 234 g/mol. The Bertz CT molecular complexity index is 266. The molecule has 0 radical (unpaired) electrons. The third kappa shape index (κ3) is 5.33. The van der Waals surface area contributed by atoms with Crippen LogP contribution in [0.25, 0.3) is 0 Å². The molecule has 92 valence electrons. The van der Waals surface area contributed by atoms with E-state index in [1.165, 1.54) is 0 Å². The molecule has 1 nitrogen and oxygen atoms in total. The van der Waals surface area contributed by atoms with Gasteiger partial charge in [-0.25, -0.2) is 0 Å². The van der Waals surface area contributed by atoms with Crippen LogP contribution >= 0.6 is 0 Å². The molecule has 4 heteroatoms. The van der Waals surface area contributed by atoms with Crippen LogP contribution in [0.1, 0.15) is 51.4 Å². The number of carbonyl (C=O) groups excluding carboxylic acids is 1. The van der Waals surface area contributed by atoms with Crippen LogP contribution in [0.2, 0.25) is 0 Å². The quantitative estimate of drug-likeness (QED) is 0.713. The van der Waals surface area contributed by atoms with Crippen molar-refractivity contribution >= 4 is 5.78 Å². The van der Waals surface area contributed by atoms with Gasteiger partial charge in [0.2, 0.25) is 0 Å². The maximum absolute atomic E-state index is 11.9. The van der Waals surface area contributed by atoms with E-state index in [0.717, 1.165) is 37.7 Å². The highest BCUT2D eigenvalue weighted by atomic mass is 19.4. The van der Waals surface area contributed by atoms with Gasteiger partial charge in [-0.1, -0.05) is 12.5 Å². The summed E-state index contributed by atoms with van der Waals surface area (Å²) in [7, 11) is 0. The molecule has 1 aliphatic carbocycles. The number of Topliss-reactive ketones (excluding diaryl/α,β-unsaturated/α-hetero) is 1. The first-order valence-corrected chi connectivity index (χ1v) is 5.78. The largest absolute Gasteiger partial charge is 0.389 e. The van der Waals surface area contributed by atoms with E-state index in [1.807, 2.05) is 6.08 Å². The van der Waals surface area contributed by atoms with Gasteiger partial charge in [-0.05, 0) is 37.7 Å². The zero-order valence-corrected chi connectivity index (χ0v) is 9.28. The summed E-state index contributed by atoms with van der Waals surface area (Å²) in [6.07, 6.45) is 1.66. The molecule has 0 atom stereocenters. The molecule has 0 aromatic carbocycles. The molecule has 0 spiro atoms. The van der Waals surface area contributed by atoms with Crippen LogP contribution in [0.4, 0.5) is 13.2 Å². The van der Waals surface area contributed by atoms with Gasteiger partial charge >= 0.3 is 6.18 Å². The number of ketones is 1. The van der Waals surface area contributed by atoms with Crippen molar-refractivity contribution in [2.75, 3.05) is 0 Å². The van der Waals surface area contributed by atoms with Gasteiger partial charge in [0.15, 0.2) is 5.78 Å². The Morgan fingerprint density at radius 1 is 1.25 bits per heavy atom. The molecule has 1 rings (SSSR count). The fraction of sp³-hybridized carbons (Fsp3) is 0.750. The number of carbonyl (C=O) groups is 1. The van der Waals surface area contributed by atoms with Gasteiger partial charge in [0.1, 0.15) is 0 Å². The highest BCUT2D eigenvalue weighted by Gasteiger charge is 2.26. The summed E-state index contributed by atoms with van der Waals surface area (Å²) in [5.41, 5.74) is 0.750. The number of halogens is 3. The summed E-state index contributed by atoms with van der Waals surface area (Å²) < 4.78 is 35.7. The fourth-order valence-corrected chi connectivity index (χ4v) is 1.88. The maximum Gasteiger partial charge on any atom is 0.389 e. The summed E-state index contributed by atoms with van der Waals surface area (Å²) in [6.45, 7) is 0. The van der Waals surface area contributed by atoms with Crippen LogP contribution in [0.3, 0.4) is 0 Å². The Morgan fingerprint density at radius 3 is 2.69 bits per heavy atom. The molecule has 0 aromatic heterocycles. The van der Waals surface area contributed by atoms with E-state index in [0.29, 0.717) is 0 Å². The molecule has 16 heavy (non-hydrogen) atoms. The van der Waals surface area contributed by atoms with E-state index in [1.54, 1.807) is 0 Å². The Kier molecular flexibility index (Phi) is 5.03. The molecular weight excluding hydrogens is 217 g/mol. The molecule has 0 aromatic rings. The van der Waals surface area contributed by atoms with E-state index in [2.05, 4.69) is 0 Å². The van der Waals surface area contributed by atoms with Crippen LogP contribution in [0.15, 0.2) is 11.6 Å². The molecular formula is C12H17F3O. The molecule has 0 saturated heterocycles. The zero-order chi connectivity index (χ0) is 12.0. The van der Waals surface area contributed by atoms with Crippen molar-refractivity contribution in [3.05, 3.63) is 11.6 Å². The van der Waals surface area contributed by atoms with Crippen molar-refractivity contribution in [3.63, 3.8) is 0 Å². The average Bonchev–Trinajstić information content (AvgIpc) is 2.43. The Labute approximate surface area is 93.7 Å². The van der Waals surface area contributed by atoms with Crippen LogP contribution in [0, 0.1) is 0 Å². The Hall–Kier alpha value is -0.800. The topological polar surface area (TPSA) is 17.1 Å². The molecule has 0 fully saturated rings. The van der Waals surface area contributed by atoms with Crippen LogP contribution < -0.4 is 0 Å². The van der Waals surface area contributed by atoms with Crippen molar-refractivity contribution in [3.8, 4) is 0 Å². The highest BCUT2D eigenvalue weighted by molar-refractivity contribution is 5.95. The van der Waals surface area contributed by atoms with Gasteiger partial charge in [-0.3, -0.25) is 4.79 Å². The highest BCUT2D eigenvalue weighted by Crippen LogP contribution is 2.24. The van der Waals surface area contributed by atoms with Gasteiger partial charge in [-0.15, -0.1) is 0 Å². The molecule has 1 aliphatic rings. The standard InChI is InChI=1S/C12H17F3O/c13-12(14,15)9-5-8-11(16)10-6-3-1-2-4-7-10/h6H,1-5,7-9H2. The minimum atomic E-state index is -4.14. The predicted octanol–water partition coefficient (Wildman–Crippen LogP) is 4.18. The minimum absolute atomic E-state index is 0.0331. The smallest absolute Gasteiger partial charge is 0.295 e. The second-order valence-electron chi connectivity index (χ2n) is 4.22. The molecule has 0 unspecified atom stereocenters. The first-order valence-electron chi connectivity index (χ1n) is 5.78. The van der Waals surface area contributed by atoms with E-state index < -0.39 is 12.6 Å². The molecule has 0 amide bonds. The number of alkyl halides is 3. The predicted molar refractivity (Wildman–Crippen MR) is 56.1 cm³/mol. The number of hydrogen-bond donors (Lipinski definition) is 0. The lowest BCUT2D eigenvalue weighted by Gasteiger charge is -2.06. The van der Waals surface area contributed by atoms with Crippen molar-refractivity contribution in [2.24, 2.45) is 0 Å². The van der Waals surface area contributed by atoms with Crippen molar-refractivity contribution in [1.29, 1.82) is 0 Å². The van der Waals surface area contributed by atoms with E-state index in [9.17, 15) is 18.0 Å². The normalized spacial score (nSPS) is 17.8. The van der Waals surface area contributed by atoms with Crippen LogP contribution in [-0.2, 0) is 4.79 Å². The molecule has 0 saturated carbocycles. The van der Waals surface area contributed by atoms with Gasteiger partial charge in [0.05, 0.1) is 0 Å².